The molecule has 3 N–H and O–H groups in total. The minimum Gasteiger partial charge on any atom is -0.392 e. The first-order chi connectivity index (χ1) is 9.58. The highest BCUT2D eigenvalue weighted by molar-refractivity contribution is 5.32. The van der Waals surface area contributed by atoms with Gasteiger partial charge in [-0.05, 0) is 36.6 Å². The molecule has 2 unspecified atom stereocenters. The number of nitrogens with two attached hydrogens (primary N) is 1. The van der Waals surface area contributed by atoms with E-state index >= 15 is 0 Å². The summed E-state index contributed by atoms with van der Waals surface area (Å²) in [6.45, 7) is 2.03. The lowest BCUT2D eigenvalue weighted by Gasteiger charge is -2.36. The number of aliphatic hydroxyl groups is 1. The van der Waals surface area contributed by atoms with Crippen LogP contribution in [0.5, 0.6) is 0 Å². The van der Waals surface area contributed by atoms with Crippen LogP contribution in [0.4, 0.5) is 4.39 Å². The molecule has 0 bridgehead atoms. The van der Waals surface area contributed by atoms with Crippen molar-refractivity contribution in [1.29, 1.82) is 0 Å². The number of aliphatic hydroxyl groups excluding tert-OH is 1. The lowest BCUT2D eigenvalue weighted by atomic mass is 9.72. The van der Waals surface area contributed by atoms with E-state index < -0.39 is 11.5 Å². The predicted octanol–water partition coefficient (Wildman–Crippen LogP) is 2.65. The summed E-state index contributed by atoms with van der Waals surface area (Å²) in [5, 5.41) is 10.3. The third-order valence-corrected chi connectivity index (χ3v) is 3.92. The van der Waals surface area contributed by atoms with Crippen LogP contribution in [-0.4, -0.2) is 17.8 Å². The molecular formula is C17H20FNO. The molecule has 0 spiro atoms. The fraction of sp³-hybridized carbons (Fsp3) is 0.294. The van der Waals surface area contributed by atoms with E-state index in [1.165, 1.54) is 12.1 Å². The molecule has 0 saturated carbocycles. The second-order valence-corrected chi connectivity index (χ2v) is 5.21. The van der Waals surface area contributed by atoms with E-state index in [2.05, 4.69) is 0 Å². The van der Waals surface area contributed by atoms with Gasteiger partial charge in [0.2, 0.25) is 0 Å². The molecule has 0 amide bonds. The second-order valence-electron chi connectivity index (χ2n) is 5.21. The first kappa shape index (κ1) is 14.7. The fourth-order valence-electron chi connectivity index (χ4n) is 2.63. The predicted molar refractivity (Wildman–Crippen MR) is 79.0 cm³/mol. The maximum atomic E-state index is 13.4. The van der Waals surface area contributed by atoms with Crippen molar-refractivity contribution < 1.29 is 9.50 Å². The third-order valence-electron chi connectivity index (χ3n) is 3.92. The van der Waals surface area contributed by atoms with E-state index in [0.717, 1.165) is 11.1 Å². The maximum absolute atomic E-state index is 13.4. The molecule has 3 heteroatoms. The zero-order valence-electron chi connectivity index (χ0n) is 11.6. The van der Waals surface area contributed by atoms with Gasteiger partial charge in [-0.25, -0.2) is 4.39 Å². The smallest absolute Gasteiger partial charge is 0.123 e. The van der Waals surface area contributed by atoms with Gasteiger partial charge in [0.1, 0.15) is 5.82 Å². The Morgan fingerprint density at radius 3 is 2.40 bits per heavy atom. The van der Waals surface area contributed by atoms with Gasteiger partial charge in [0.15, 0.2) is 0 Å². The molecule has 0 aliphatic carbocycles. The van der Waals surface area contributed by atoms with Crippen molar-refractivity contribution in [2.24, 2.45) is 5.73 Å². The monoisotopic (exact) mass is 273 g/mol. The average Bonchev–Trinajstić information content (AvgIpc) is 2.45. The van der Waals surface area contributed by atoms with Gasteiger partial charge in [-0.1, -0.05) is 42.5 Å². The molecule has 0 aromatic heterocycles. The van der Waals surface area contributed by atoms with Crippen molar-refractivity contribution in [3.8, 4) is 0 Å². The minimum atomic E-state index is -0.627. The van der Waals surface area contributed by atoms with Gasteiger partial charge >= 0.3 is 0 Å². The van der Waals surface area contributed by atoms with Gasteiger partial charge in [-0.2, -0.15) is 0 Å². The van der Waals surface area contributed by atoms with Crippen LogP contribution in [0.25, 0.3) is 0 Å². The summed E-state index contributed by atoms with van der Waals surface area (Å²) < 4.78 is 13.4. The standard InChI is InChI=1S/C17H20FNO/c1-13(20)17(12-19,15-7-3-2-4-8-15)11-14-6-5-9-16(18)10-14/h2-10,13,20H,11-12,19H2,1H3. The van der Waals surface area contributed by atoms with Gasteiger partial charge in [0.25, 0.3) is 0 Å². The summed E-state index contributed by atoms with van der Waals surface area (Å²) in [5.74, 6) is -0.271. The van der Waals surface area contributed by atoms with Crippen LogP contribution >= 0.6 is 0 Å². The maximum Gasteiger partial charge on any atom is 0.123 e. The highest BCUT2D eigenvalue weighted by Gasteiger charge is 2.36. The normalized spacial score (nSPS) is 15.6. The minimum absolute atomic E-state index is 0.271. The average molecular weight is 273 g/mol. The van der Waals surface area contributed by atoms with Crippen LogP contribution in [0.3, 0.4) is 0 Å². The summed E-state index contributed by atoms with van der Waals surface area (Å²) in [6, 6.07) is 16.1. The number of hydrogen-bond acceptors (Lipinski definition) is 2. The molecule has 0 heterocycles. The molecule has 0 aliphatic heterocycles. The lowest BCUT2D eigenvalue weighted by molar-refractivity contribution is 0.100. The highest BCUT2D eigenvalue weighted by Crippen LogP contribution is 2.31. The second kappa shape index (κ2) is 6.16. The number of benzene rings is 2. The van der Waals surface area contributed by atoms with Crippen molar-refractivity contribution >= 4 is 0 Å². The zero-order valence-corrected chi connectivity index (χ0v) is 11.6. The van der Waals surface area contributed by atoms with Crippen molar-refractivity contribution in [3.63, 3.8) is 0 Å². The molecular weight excluding hydrogens is 253 g/mol. The van der Waals surface area contributed by atoms with Gasteiger partial charge in [0.05, 0.1) is 6.10 Å². The Balaban J connectivity index is 2.43. The summed E-state index contributed by atoms with van der Waals surface area (Å²) in [6.07, 6.45) is -0.124. The topological polar surface area (TPSA) is 46.2 Å². The van der Waals surface area contributed by atoms with E-state index in [-0.39, 0.29) is 5.82 Å². The summed E-state index contributed by atoms with van der Waals surface area (Å²) in [7, 11) is 0. The molecule has 0 radical (unpaired) electrons. The highest BCUT2D eigenvalue weighted by atomic mass is 19.1. The fourth-order valence-corrected chi connectivity index (χ4v) is 2.63. The molecule has 0 fully saturated rings. The van der Waals surface area contributed by atoms with E-state index in [0.29, 0.717) is 13.0 Å². The van der Waals surface area contributed by atoms with Crippen LogP contribution in [0.2, 0.25) is 0 Å². The first-order valence-corrected chi connectivity index (χ1v) is 6.76. The molecule has 2 aromatic carbocycles. The Kier molecular flexibility index (Phi) is 4.53. The van der Waals surface area contributed by atoms with E-state index in [4.69, 9.17) is 5.73 Å². The van der Waals surface area contributed by atoms with E-state index in [1.54, 1.807) is 13.0 Å². The molecule has 106 valence electrons. The quantitative estimate of drug-likeness (QED) is 0.879. The van der Waals surface area contributed by atoms with Gasteiger partial charge in [-0.15, -0.1) is 0 Å². The summed E-state index contributed by atoms with van der Waals surface area (Å²) >= 11 is 0. The Morgan fingerprint density at radius 2 is 1.85 bits per heavy atom. The Morgan fingerprint density at radius 1 is 1.15 bits per heavy atom. The number of halogens is 1. The van der Waals surface area contributed by atoms with Crippen LogP contribution < -0.4 is 5.73 Å². The summed E-state index contributed by atoms with van der Waals surface area (Å²) in [5.41, 5.74) is 7.18. The Hall–Kier alpha value is -1.71. The van der Waals surface area contributed by atoms with Gasteiger partial charge in [-0.3, -0.25) is 0 Å². The molecule has 2 aromatic rings. The molecule has 2 nitrogen and oxygen atoms in total. The van der Waals surface area contributed by atoms with Gasteiger partial charge in [0, 0.05) is 12.0 Å². The Labute approximate surface area is 119 Å². The third kappa shape index (κ3) is 2.89. The van der Waals surface area contributed by atoms with Crippen LogP contribution in [0.15, 0.2) is 54.6 Å². The van der Waals surface area contributed by atoms with E-state index in [9.17, 15) is 9.50 Å². The van der Waals surface area contributed by atoms with Crippen molar-refractivity contribution in [3.05, 3.63) is 71.5 Å². The van der Waals surface area contributed by atoms with E-state index in [1.807, 2.05) is 36.4 Å². The summed E-state index contributed by atoms with van der Waals surface area (Å²) in [4.78, 5) is 0. The first-order valence-electron chi connectivity index (χ1n) is 6.76. The van der Waals surface area contributed by atoms with Crippen molar-refractivity contribution in [2.45, 2.75) is 24.9 Å². The van der Waals surface area contributed by atoms with Gasteiger partial charge < -0.3 is 10.8 Å². The Bertz CT molecular complexity index is 556. The van der Waals surface area contributed by atoms with Crippen LogP contribution in [0.1, 0.15) is 18.1 Å². The lowest BCUT2D eigenvalue weighted by Crippen LogP contribution is -2.46. The van der Waals surface area contributed by atoms with Crippen LogP contribution in [0, 0.1) is 5.82 Å². The molecule has 2 rings (SSSR count). The molecule has 20 heavy (non-hydrogen) atoms. The zero-order chi connectivity index (χ0) is 14.6. The number of rotatable bonds is 5. The van der Waals surface area contributed by atoms with Crippen LogP contribution in [-0.2, 0) is 11.8 Å². The molecule has 0 aliphatic rings. The SMILES string of the molecule is CC(O)C(CN)(Cc1cccc(F)c1)c1ccccc1. The number of hydrogen-bond donors (Lipinski definition) is 2. The molecule has 2 atom stereocenters. The molecule has 0 saturated heterocycles. The van der Waals surface area contributed by atoms with Crippen molar-refractivity contribution in [1.82, 2.24) is 0 Å². The van der Waals surface area contributed by atoms with Crippen molar-refractivity contribution in [2.75, 3.05) is 6.54 Å². The largest absolute Gasteiger partial charge is 0.392 e.